The normalized spacial score (nSPS) is 19.5. The molecule has 1 saturated heterocycles. The fourth-order valence-corrected chi connectivity index (χ4v) is 2.22. The van der Waals surface area contributed by atoms with Gasteiger partial charge in [0.2, 0.25) is 0 Å². The number of nitrogens with zero attached hydrogens (tertiary/aromatic N) is 1. The highest BCUT2D eigenvalue weighted by Gasteiger charge is 2.13. The Labute approximate surface area is 109 Å². The lowest BCUT2D eigenvalue weighted by atomic mass is 10.0. The fraction of sp³-hybridized carbons (Fsp3) is 0.643. The molecule has 1 aromatic heterocycles. The molecule has 0 amide bonds. The van der Waals surface area contributed by atoms with Gasteiger partial charge in [-0.05, 0) is 44.9 Å². The van der Waals surface area contributed by atoms with Crippen LogP contribution in [-0.2, 0) is 0 Å². The van der Waals surface area contributed by atoms with Gasteiger partial charge < -0.3 is 14.8 Å². The third-order valence-corrected chi connectivity index (χ3v) is 3.15. The van der Waals surface area contributed by atoms with E-state index in [1.165, 1.54) is 19.3 Å². The second-order valence-corrected chi connectivity index (χ2v) is 4.52. The molecule has 0 radical (unpaired) electrons. The zero-order chi connectivity index (χ0) is 12.6. The Bertz CT molecular complexity index is 351. The van der Waals surface area contributed by atoms with Crippen LogP contribution in [0.25, 0.3) is 0 Å². The SMILES string of the molecule is CCOc1cccnc1OCCC1CCCCN1. The molecule has 2 rings (SSSR count). The van der Waals surface area contributed by atoms with Gasteiger partial charge in [-0.3, -0.25) is 0 Å². The van der Waals surface area contributed by atoms with Gasteiger partial charge in [0.1, 0.15) is 0 Å². The summed E-state index contributed by atoms with van der Waals surface area (Å²) in [6, 6.07) is 4.35. The number of pyridine rings is 1. The van der Waals surface area contributed by atoms with Gasteiger partial charge in [-0.2, -0.15) is 0 Å². The largest absolute Gasteiger partial charge is 0.488 e. The van der Waals surface area contributed by atoms with E-state index in [9.17, 15) is 0 Å². The van der Waals surface area contributed by atoms with Crippen LogP contribution < -0.4 is 14.8 Å². The van der Waals surface area contributed by atoms with Crippen LogP contribution in [0.2, 0.25) is 0 Å². The third kappa shape index (κ3) is 3.88. The van der Waals surface area contributed by atoms with Crippen molar-refractivity contribution >= 4 is 0 Å². The van der Waals surface area contributed by atoms with E-state index in [0.717, 1.165) is 18.7 Å². The maximum absolute atomic E-state index is 5.72. The Morgan fingerprint density at radius 1 is 1.39 bits per heavy atom. The van der Waals surface area contributed by atoms with Crippen LogP contribution in [0.4, 0.5) is 0 Å². The number of ether oxygens (including phenoxy) is 2. The molecular weight excluding hydrogens is 228 g/mol. The first-order valence-corrected chi connectivity index (χ1v) is 6.84. The molecule has 0 spiro atoms. The zero-order valence-corrected chi connectivity index (χ0v) is 11.0. The minimum Gasteiger partial charge on any atom is -0.488 e. The number of hydrogen-bond donors (Lipinski definition) is 1. The van der Waals surface area contributed by atoms with E-state index in [-0.39, 0.29) is 0 Å². The molecular formula is C14H22N2O2. The van der Waals surface area contributed by atoms with Crippen molar-refractivity contribution in [3.05, 3.63) is 18.3 Å². The monoisotopic (exact) mass is 250 g/mol. The van der Waals surface area contributed by atoms with E-state index in [4.69, 9.17) is 9.47 Å². The van der Waals surface area contributed by atoms with E-state index in [2.05, 4.69) is 10.3 Å². The summed E-state index contributed by atoms with van der Waals surface area (Å²) < 4.78 is 11.2. The number of hydrogen-bond acceptors (Lipinski definition) is 4. The maximum atomic E-state index is 5.72. The summed E-state index contributed by atoms with van der Waals surface area (Å²) >= 11 is 0. The Balaban J connectivity index is 1.78. The quantitative estimate of drug-likeness (QED) is 0.842. The summed E-state index contributed by atoms with van der Waals surface area (Å²) in [5, 5.41) is 3.51. The molecule has 18 heavy (non-hydrogen) atoms. The fourth-order valence-electron chi connectivity index (χ4n) is 2.22. The van der Waals surface area contributed by atoms with E-state index in [0.29, 0.717) is 25.1 Å². The second-order valence-electron chi connectivity index (χ2n) is 4.52. The van der Waals surface area contributed by atoms with Crippen molar-refractivity contribution in [1.82, 2.24) is 10.3 Å². The summed E-state index contributed by atoms with van der Waals surface area (Å²) in [7, 11) is 0. The lowest BCUT2D eigenvalue weighted by Crippen LogP contribution is -2.35. The van der Waals surface area contributed by atoms with E-state index in [1.54, 1.807) is 6.20 Å². The van der Waals surface area contributed by atoms with Crippen molar-refractivity contribution in [2.24, 2.45) is 0 Å². The average Bonchev–Trinajstić information content (AvgIpc) is 2.42. The van der Waals surface area contributed by atoms with Crippen molar-refractivity contribution in [2.45, 2.75) is 38.6 Å². The van der Waals surface area contributed by atoms with Gasteiger partial charge in [-0.15, -0.1) is 0 Å². The summed E-state index contributed by atoms with van der Waals surface area (Å²) in [5.74, 6) is 1.34. The van der Waals surface area contributed by atoms with Crippen LogP contribution in [0.3, 0.4) is 0 Å². The molecule has 0 bridgehead atoms. The van der Waals surface area contributed by atoms with Gasteiger partial charge >= 0.3 is 0 Å². The van der Waals surface area contributed by atoms with Crippen LogP contribution in [0.15, 0.2) is 18.3 Å². The van der Waals surface area contributed by atoms with Crippen LogP contribution >= 0.6 is 0 Å². The van der Waals surface area contributed by atoms with Crippen molar-refractivity contribution in [3.8, 4) is 11.6 Å². The first-order chi connectivity index (χ1) is 8.90. The molecule has 0 saturated carbocycles. The van der Waals surface area contributed by atoms with Gasteiger partial charge in [0, 0.05) is 12.2 Å². The van der Waals surface area contributed by atoms with Crippen molar-refractivity contribution in [3.63, 3.8) is 0 Å². The molecule has 0 aliphatic carbocycles. The predicted molar refractivity (Wildman–Crippen MR) is 71.2 cm³/mol. The van der Waals surface area contributed by atoms with Crippen LogP contribution in [-0.4, -0.2) is 30.8 Å². The Kier molecular flexibility index (Phi) is 5.27. The molecule has 0 aromatic carbocycles. The number of piperidine rings is 1. The average molecular weight is 250 g/mol. The zero-order valence-electron chi connectivity index (χ0n) is 11.0. The minimum absolute atomic E-state index is 0.595. The van der Waals surface area contributed by atoms with Gasteiger partial charge in [0.25, 0.3) is 5.88 Å². The Morgan fingerprint density at radius 2 is 2.33 bits per heavy atom. The standard InChI is InChI=1S/C14H22N2O2/c1-2-17-13-7-5-10-16-14(13)18-11-8-12-6-3-4-9-15-12/h5,7,10,12,15H,2-4,6,8-9,11H2,1H3. The molecule has 4 nitrogen and oxygen atoms in total. The molecule has 1 aliphatic heterocycles. The highest BCUT2D eigenvalue weighted by atomic mass is 16.5. The first-order valence-electron chi connectivity index (χ1n) is 6.84. The van der Waals surface area contributed by atoms with Crippen molar-refractivity contribution in [1.29, 1.82) is 0 Å². The highest BCUT2D eigenvalue weighted by molar-refractivity contribution is 5.32. The Hall–Kier alpha value is -1.29. The van der Waals surface area contributed by atoms with Gasteiger partial charge in [0.05, 0.1) is 13.2 Å². The number of rotatable bonds is 6. The first kappa shape index (κ1) is 13.1. The summed E-state index contributed by atoms with van der Waals surface area (Å²) in [6.07, 6.45) is 6.64. The Morgan fingerprint density at radius 3 is 3.11 bits per heavy atom. The van der Waals surface area contributed by atoms with E-state index >= 15 is 0 Å². The molecule has 100 valence electrons. The molecule has 1 unspecified atom stereocenters. The smallest absolute Gasteiger partial charge is 0.256 e. The highest BCUT2D eigenvalue weighted by Crippen LogP contribution is 2.23. The van der Waals surface area contributed by atoms with Crippen molar-refractivity contribution < 1.29 is 9.47 Å². The molecule has 1 aliphatic rings. The number of aromatic nitrogens is 1. The lowest BCUT2D eigenvalue weighted by Gasteiger charge is -2.23. The number of nitrogens with one attached hydrogen (secondary N) is 1. The molecule has 4 heteroatoms. The van der Waals surface area contributed by atoms with Crippen LogP contribution in [0, 0.1) is 0 Å². The van der Waals surface area contributed by atoms with E-state index in [1.807, 2.05) is 19.1 Å². The summed E-state index contributed by atoms with van der Waals surface area (Å²) in [6.45, 7) is 4.42. The van der Waals surface area contributed by atoms with Crippen molar-refractivity contribution in [2.75, 3.05) is 19.8 Å². The second kappa shape index (κ2) is 7.21. The van der Waals surface area contributed by atoms with Gasteiger partial charge in [-0.1, -0.05) is 6.42 Å². The maximum Gasteiger partial charge on any atom is 0.256 e. The summed E-state index contributed by atoms with van der Waals surface area (Å²) in [5.41, 5.74) is 0. The molecule has 2 heterocycles. The molecule has 1 atom stereocenters. The van der Waals surface area contributed by atoms with E-state index < -0.39 is 0 Å². The molecule has 1 N–H and O–H groups in total. The summed E-state index contributed by atoms with van der Waals surface area (Å²) in [4.78, 5) is 4.21. The third-order valence-electron chi connectivity index (χ3n) is 3.15. The minimum atomic E-state index is 0.595. The van der Waals surface area contributed by atoms with Crippen LogP contribution in [0.1, 0.15) is 32.6 Å². The topological polar surface area (TPSA) is 43.4 Å². The van der Waals surface area contributed by atoms with Gasteiger partial charge in [0.15, 0.2) is 5.75 Å². The predicted octanol–water partition coefficient (Wildman–Crippen LogP) is 2.39. The van der Waals surface area contributed by atoms with Crippen LogP contribution in [0.5, 0.6) is 11.6 Å². The molecule has 1 aromatic rings. The van der Waals surface area contributed by atoms with Gasteiger partial charge in [-0.25, -0.2) is 4.98 Å². The molecule has 1 fully saturated rings. The lowest BCUT2D eigenvalue weighted by molar-refractivity contribution is 0.241.